The van der Waals surface area contributed by atoms with Gasteiger partial charge in [-0.3, -0.25) is 23.5 Å². The number of anilines is 2. The number of halogens is 3. The van der Waals surface area contributed by atoms with Crippen LogP contribution in [0.2, 0.25) is 15.3 Å². The molecule has 2 heterocycles. The van der Waals surface area contributed by atoms with E-state index in [0.717, 1.165) is 9.13 Å². The number of benzene rings is 2. The number of rotatable bonds is 8. The molecule has 0 saturated carbocycles. The van der Waals surface area contributed by atoms with Gasteiger partial charge in [0, 0.05) is 11.8 Å². The summed E-state index contributed by atoms with van der Waals surface area (Å²) < 4.78 is 12.3. The molecular weight excluding hydrogens is 573 g/mol. The van der Waals surface area contributed by atoms with Crippen molar-refractivity contribution in [2.45, 2.75) is 13.1 Å². The van der Waals surface area contributed by atoms with Gasteiger partial charge >= 0.3 is 5.69 Å². The SMILES string of the molecule is COc1cc(OC)c(NC(=O)Cn2c(=O)n(CC(=O)Nc3cc(Cl)nc(Cl)c3)c(=O)c3ccccc32)cc1Cl. The maximum absolute atomic E-state index is 13.4. The molecule has 2 N–H and O–H groups in total. The fourth-order valence-electron chi connectivity index (χ4n) is 3.84. The van der Waals surface area contributed by atoms with Gasteiger partial charge in [0.05, 0.1) is 35.8 Å². The average Bonchev–Trinajstić information content (AvgIpc) is 2.88. The Hall–Kier alpha value is -4.06. The van der Waals surface area contributed by atoms with Crippen LogP contribution in [0.3, 0.4) is 0 Å². The van der Waals surface area contributed by atoms with Gasteiger partial charge in [-0.05, 0) is 30.3 Å². The van der Waals surface area contributed by atoms with Gasteiger partial charge in [-0.15, -0.1) is 0 Å². The number of para-hydroxylation sites is 1. The van der Waals surface area contributed by atoms with E-state index in [1.165, 1.54) is 50.6 Å². The molecule has 4 rings (SSSR count). The summed E-state index contributed by atoms with van der Waals surface area (Å²) in [5, 5.41) is 5.63. The summed E-state index contributed by atoms with van der Waals surface area (Å²) in [6.45, 7) is -1.12. The molecule has 2 aromatic carbocycles. The number of carbonyl (C=O) groups is 2. The monoisotopic (exact) mass is 591 g/mol. The molecule has 0 aliphatic carbocycles. The highest BCUT2D eigenvalue weighted by atomic mass is 35.5. The smallest absolute Gasteiger partial charge is 0.332 e. The Kier molecular flexibility index (Phi) is 8.44. The Morgan fingerprint density at radius 3 is 2.13 bits per heavy atom. The zero-order valence-corrected chi connectivity index (χ0v) is 22.7. The van der Waals surface area contributed by atoms with Gasteiger partial charge in [-0.1, -0.05) is 46.9 Å². The van der Waals surface area contributed by atoms with Crippen molar-refractivity contribution in [1.82, 2.24) is 14.1 Å². The van der Waals surface area contributed by atoms with E-state index in [9.17, 15) is 19.2 Å². The number of pyridine rings is 1. The molecule has 202 valence electrons. The summed E-state index contributed by atoms with van der Waals surface area (Å²) in [6.07, 6.45) is 0. The predicted octanol–water partition coefficient (Wildman–Crippen LogP) is 3.81. The maximum Gasteiger partial charge on any atom is 0.332 e. The summed E-state index contributed by atoms with van der Waals surface area (Å²) in [4.78, 5) is 56.1. The second-order valence-electron chi connectivity index (χ2n) is 8.06. The van der Waals surface area contributed by atoms with E-state index in [1.54, 1.807) is 12.1 Å². The Bertz CT molecular complexity index is 1700. The number of fused-ring (bicyclic) bond motifs is 1. The van der Waals surface area contributed by atoms with Gasteiger partial charge in [0.15, 0.2) is 0 Å². The van der Waals surface area contributed by atoms with Crippen LogP contribution in [0.15, 0.2) is 58.1 Å². The minimum Gasteiger partial charge on any atom is -0.495 e. The normalized spacial score (nSPS) is 10.8. The van der Waals surface area contributed by atoms with Gasteiger partial charge in [-0.2, -0.15) is 0 Å². The van der Waals surface area contributed by atoms with E-state index >= 15 is 0 Å². The third-order valence-corrected chi connectivity index (χ3v) is 6.21. The number of carbonyl (C=O) groups excluding carboxylic acids is 2. The molecule has 11 nitrogen and oxygen atoms in total. The summed E-state index contributed by atoms with van der Waals surface area (Å²) >= 11 is 17.9. The molecule has 0 unspecified atom stereocenters. The topological polar surface area (TPSA) is 134 Å². The third-order valence-electron chi connectivity index (χ3n) is 5.53. The fourth-order valence-corrected chi connectivity index (χ4v) is 4.54. The number of nitrogens with zero attached hydrogens (tertiary/aromatic N) is 3. The van der Waals surface area contributed by atoms with Crippen molar-refractivity contribution in [2.24, 2.45) is 0 Å². The third kappa shape index (κ3) is 6.17. The van der Waals surface area contributed by atoms with Crippen LogP contribution in [0.1, 0.15) is 0 Å². The van der Waals surface area contributed by atoms with Crippen LogP contribution in [0, 0.1) is 0 Å². The average molecular weight is 593 g/mol. The Labute approximate surface area is 235 Å². The lowest BCUT2D eigenvalue weighted by atomic mass is 10.2. The highest BCUT2D eigenvalue weighted by Gasteiger charge is 2.19. The lowest BCUT2D eigenvalue weighted by Crippen LogP contribution is -2.44. The van der Waals surface area contributed by atoms with Crippen LogP contribution in [-0.2, 0) is 22.7 Å². The summed E-state index contributed by atoms with van der Waals surface area (Å²) in [5.41, 5.74) is -0.878. The van der Waals surface area contributed by atoms with Crippen LogP contribution in [0.5, 0.6) is 11.5 Å². The van der Waals surface area contributed by atoms with Crippen molar-refractivity contribution in [3.05, 3.63) is 84.7 Å². The van der Waals surface area contributed by atoms with Gasteiger partial charge in [0.1, 0.15) is 34.9 Å². The molecule has 0 fully saturated rings. The molecule has 0 aliphatic rings. The minimum atomic E-state index is -0.866. The number of amides is 2. The van der Waals surface area contributed by atoms with Crippen molar-refractivity contribution < 1.29 is 19.1 Å². The van der Waals surface area contributed by atoms with Crippen LogP contribution >= 0.6 is 34.8 Å². The molecule has 0 saturated heterocycles. The molecule has 2 aromatic heterocycles. The number of hydrogen-bond acceptors (Lipinski definition) is 7. The maximum atomic E-state index is 13.4. The van der Waals surface area contributed by atoms with Crippen molar-refractivity contribution in [3.8, 4) is 11.5 Å². The lowest BCUT2D eigenvalue weighted by Gasteiger charge is -2.16. The molecule has 0 bridgehead atoms. The first-order chi connectivity index (χ1) is 18.6. The van der Waals surface area contributed by atoms with Crippen LogP contribution in [-0.4, -0.2) is 40.2 Å². The number of hydrogen-bond donors (Lipinski definition) is 2. The van der Waals surface area contributed by atoms with Gasteiger partial charge in [0.2, 0.25) is 11.8 Å². The zero-order chi connectivity index (χ0) is 28.3. The van der Waals surface area contributed by atoms with Crippen LogP contribution in [0.25, 0.3) is 10.9 Å². The summed E-state index contributed by atoms with van der Waals surface area (Å²) in [5.74, 6) is -0.691. The van der Waals surface area contributed by atoms with Crippen molar-refractivity contribution in [1.29, 1.82) is 0 Å². The van der Waals surface area contributed by atoms with E-state index in [2.05, 4.69) is 15.6 Å². The van der Waals surface area contributed by atoms with Gasteiger partial charge in [0.25, 0.3) is 5.56 Å². The summed E-state index contributed by atoms with van der Waals surface area (Å²) in [7, 11) is 2.85. The molecule has 0 radical (unpaired) electrons. The molecule has 0 atom stereocenters. The molecule has 14 heteroatoms. The lowest BCUT2D eigenvalue weighted by molar-refractivity contribution is -0.117. The van der Waals surface area contributed by atoms with Gasteiger partial charge in [-0.25, -0.2) is 9.78 Å². The number of ether oxygens (including phenoxy) is 2. The first-order valence-corrected chi connectivity index (χ1v) is 12.3. The van der Waals surface area contributed by atoms with Crippen LogP contribution < -0.4 is 31.4 Å². The Balaban J connectivity index is 1.67. The summed E-state index contributed by atoms with van der Waals surface area (Å²) in [6, 6.07) is 11.9. The predicted molar refractivity (Wildman–Crippen MR) is 149 cm³/mol. The fraction of sp³-hybridized carbons (Fsp3) is 0.160. The second-order valence-corrected chi connectivity index (χ2v) is 9.24. The number of aromatic nitrogens is 3. The molecule has 0 spiro atoms. The molecule has 4 aromatic rings. The van der Waals surface area contributed by atoms with E-state index in [0.29, 0.717) is 5.75 Å². The Morgan fingerprint density at radius 2 is 1.46 bits per heavy atom. The van der Waals surface area contributed by atoms with Crippen LogP contribution in [0.4, 0.5) is 11.4 Å². The highest BCUT2D eigenvalue weighted by Crippen LogP contribution is 2.35. The largest absolute Gasteiger partial charge is 0.495 e. The van der Waals surface area contributed by atoms with E-state index in [-0.39, 0.29) is 43.4 Å². The first kappa shape index (κ1) is 28.0. The van der Waals surface area contributed by atoms with Crippen molar-refractivity contribution in [2.75, 3.05) is 24.9 Å². The number of nitrogens with one attached hydrogen (secondary N) is 2. The first-order valence-electron chi connectivity index (χ1n) is 11.2. The quantitative estimate of drug-likeness (QED) is 0.297. The van der Waals surface area contributed by atoms with Crippen molar-refractivity contribution in [3.63, 3.8) is 0 Å². The van der Waals surface area contributed by atoms with Gasteiger partial charge < -0.3 is 20.1 Å². The number of methoxy groups -OCH3 is 2. The molecule has 2 amide bonds. The second kappa shape index (κ2) is 11.8. The molecule has 0 aliphatic heterocycles. The van der Waals surface area contributed by atoms with E-state index in [4.69, 9.17) is 44.3 Å². The minimum absolute atomic E-state index is 0.0452. The van der Waals surface area contributed by atoms with Crippen molar-refractivity contribution >= 4 is 68.9 Å². The standard InChI is InChI=1S/C25H20Cl3N5O6/c1-38-18-10-19(39-2)16(9-15(18)26)30-23(35)11-32-17-6-4-3-5-14(17)24(36)33(25(32)37)12-22(34)29-13-7-20(27)31-21(28)8-13/h3-10H,11-12H2,1-2H3,(H,30,35)(H,29,31,34). The molecule has 39 heavy (non-hydrogen) atoms. The highest BCUT2D eigenvalue weighted by molar-refractivity contribution is 6.33. The Morgan fingerprint density at radius 1 is 0.846 bits per heavy atom. The van der Waals surface area contributed by atoms with E-state index in [1.807, 2.05) is 0 Å². The molecular formula is C25H20Cl3N5O6. The zero-order valence-electron chi connectivity index (χ0n) is 20.5. The van der Waals surface area contributed by atoms with E-state index < -0.39 is 36.2 Å².